The average Bonchev–Trinajstić information content (AvgIpc) is 2.81. The fourth-order valence-electron chi connectivity index (χ4n) is 4.50. The standard InChI is InChI=1S/C16H30N6O3.C7H8/c17-15(21-22-18)4-2-11-1-3-12-9-20-14(8-13(12)7-11)16(24)25-6-5-19-10-23;1-7-5-3-2-4-6-7/h10-14,20,22H,1-9,18H2,(H2,17,21)(H,19,23);2-6H,1H3. The third kappa shape index (κ3) is 9.23. The first-order valence-electron chi connectivity index (χ1n) is 11.4. The van der Waals surface area contributed by atoms with Crippen molar-refractivity contribution >= 4 is 18.2 Å². The third-order valence-corrected chi connectivity index (χ3v) is 6.23. The molecule has 0 bridgehead atoms. The molecule has 9 nitrogen and oxygen atoms in total. The van der Waals surface area contributed by atoms with E-state index in [0.29, 0.717) is 36.5 Å². The van der Waals surface area contributed by atoms with E-state index in [4.69, 9.17) is 16.3 Å². The second-order valence-electron chi connectivity index (χ2n) is 8.56. The van der Waals surface area contributed by atoms with Gasteiger partial charge in [0.1, 0.15) is 18.5 Å². The van der Waals surface area contributed by atoms with Gasteiger partial charge in [0.05, 0.1) is 6.54 Å². The summed E-state index contributed by atoms with van der Waals surface area (Å²) < 4.78 is 5.22. The number of hydrogen-bond acceptors (Lipinski definition) is 7. The van der Waals surface area contributed by atoms with Crippen LogP contribution in [-0.2, 0) is 14.3 Å². The van der Waals surface area contributed by atoms with Crippen molar-refractivity contribution in [3.8, 4) is 0 Å². The highest BCUT2D eigenvalue weighted by atomic mass is 16.5. The van der Waals surface area contributed by atoms with Crippen LogP contribution in [0.25, 0.3) is 0 Å². The molecule has 1 aliphatic heterocycles. The van der Waals surface area contributed by atoms with Crippen LogP contribution in [0.15, 0.2) is 35.4 Å². The molecule has 1 heterocycles. The Morgan fingerprint density at radius 3 is 2.69 bits per heavy atom. The number of benzene rings is 1. The first kappa shape index (κ1) is 25.6. The second-order valence-corrected chi connectivity index (χ2v) is 8.56. The Bertz CT molecular complexity index is 715. The number of esters is 1. The molecule has 0 spiro atoms. The Morgan fingerprint density at radius 1 is 1.25 bits per heavy atom. The van der Waals surface area contributed by atoms with Gasteiger partial charge in [-0.3, -0.25) is 9.59 Å². The third-order valence-electron chi connectivity index (χ3n) is 6.23. The number of hydrogen-bond donors (Lipinski definition) is 5. The first-order chi connectivity index (χ1) is 15.5. The van der Waals surface area contributed by atoms with E-state index in [2.05, 4.69) is 40.3 Å². The van der Waals surface area contributed by atoms with Gasteiger partial charge >= 0.3 is 5.97 Å². The number of hydrazine groups is 1. The topological polar surface area (TPSA) is 144 Å². The van der Waals surface area contributed by atoms with Crippen LogP contribution in [0, 0.1) is 24.7 Å². The van der Waals surface area contributed by atoms with Gasteiger partial charge in [-0.2, -0.15) is 5.10 Å². The fraction of sp³-hybridized carbons (Fsp3) is 0.609. The first-order valence-corrected chi connectivity index (χ1v) is 11.4. The number of aryl methyl sites for hydroxylation is 1. The molecule has 0 aromatic heterocycles. The number of hydrazone groups is 1. The predicted octanol–water partition coefficient (Wildman–Crippen LogP) is 1.18. The second kappa shape index (κ2) is 14.4. The molecule has 2 aliphatic rings. The lowest BCUT2D eigenvalue weighted by atomic mass is 9.69. The quantitative estimate of drug-likeness (QED) is 0.0729. The Balaban J connectivity index is 0.000000439. The number of ether oxygens (including phenoxy) is 1. The number of carbonyl (C=O) groups excluding carboxylic acids is 2. The van der Waals surface area contributed by atoms with Gasteiger partial charge in [0.15, 0.2) is 0 Å². The summed E-state index contributed by atoms with van der Waals surface area (Å²) in [6.45, 7) is 3.50. The maximum Gasteiger partial charge on any atom is 0.323 e. The lowest BCUT2D eigenvalue weighted by Gasteiger charge is -2.42. The Hall–Kier alpha value is -2.65. The largest absolute Gasteiger partial charge is 0.463 e. The van der Waals surface area contributed by atoms with Gasteiger partial charge < -0.3 is 21.1 Å². The van der Waals surface area contributed by atoms with Crippen molar-refractivity contribution in [2.45, 2.75) is 51.5 Å². The fourth-order valence-corrected chi connectivity index (χ4v) is 4.50. The summed E-state index contributed by atoms with van der Waals surface area (Å²) in [5.74, 6) is 7.22. The van der Waals surface area contributed by atoms with E-state index in [9.17, 15) is 9.59 Å². The molecule has 4 atom stereocenters. The molecule has 7 N–H and O–H groups in total. The van der Waals surface area contributed by atoms with E-state index in [1.807, 2.05) is 18.2 Å². The average molecular weight is 447 g/mol. The highest BCUT2D eigenvalue weighted by Crippen LogP contribution is 2.40. The van der Waals surface area contributed by atoms with Crippen molar-refractivity contribution in [1.82, 2.24) is 16.2 Å². The van der Waals surface area contributed by atoms with Crippen molar-refractivity contribution < 1.29 is 14.3 Å². The number of amides is 1. The number of rotatable bonds is 9. The molecule has 2 fully saturated rings. The van der Waals surface area contributed by atoms with Gasteiger partial charge in [0.2, 0.25) is 6.41 Å². The van der Waals surface area contributed by atoms with Crippen LogP contribution in [0.5, 0.6) is 0 Å². The molecule has 1 aromatic carbocycles. The van der Waals surface area contributed by atoms with Crippen molar-refractivity contribution in [3.63, 3.8) is 0 Å². The smallest absolute Gasteiger partial charge is 0.323 e. The maximum atomic E-state index is 12.2. The Morgan fingerprint density at radius 2 is 2.03 bits per heavy atom. The highest BCUT2D eigenvalue weighted by molar-refractivity contribution is 5.79. The van der Waals surface area contributed by atoms with Crippen LogP contribution in [0.4, 0.5) is 0 Å². The summed E-state index contributed by atoms with van der Waals surface area (Å²) in [5, 5.41) is 9.59. The number of nitrogens with one attached hydrogen (secondary N) is 3. The van der Waals surface area contributed by atoms with E-state index in [-0.39, 0.29) is 18.6 Å². The molecular formula is C23H38N6O3. The minimum atomic E-state index is -0.246. The van der Waals surface area contributed by atoms with Crippen LogP contribution in [0.2, 0.25) is 0 Å². The molecule has 1 amide bonds. The predicted molar refractivity (Wildman–Crippen MR) is 125 cm³/mol. The van der Waals surface area contributed by atoms with Gasteiger partial charge in [-0.1, -0.05) is 42.3 Å². The van der Waals surface area contributed by atoms with Gasteiger partial charge in [0, 0.05) is 6.42 Å². The van der Waals surface area contributed by atoms with Gasteiger partial charge in [-0.15, -0.1) is 0 Å². The number of carbonyl (C=O) groups is 2. The van der Waals surface area contributed by atoms with E-state index >= 15 is 0 Å². The van der Waals surface area contributed by atoms with Crippen LogP contribution < -0.4 is 27.7 Å². The Kier molecular flexibility index (Phi) is 11.5. The minimum Gasteiger partial charge on any atom is -0.463 e. The molecular weight excluding hydrogens is 408 g/mol. The summed E-state index contributed by atoms with van der Waals surface area (Å²) in [7, 11) is 0. The summed E-state index contributed by atoms with van der Waals surface area (Å²) in [6, 6.07) is 10.0. The molecule has 9 heteroatoms. The molecule has 0 radical (unpaired) electrons. The van der Waals surface area contributed by atoms with Gasteiger partial charge in [-0.25, -0.2) is 11.4 Å². The normalized spacial score (nSPS) is 24.9. The minimum absolute atomic E-state index is 0.209. The summed E-state index contributed by atoms with van der Waals surface area (Å²) >= 11 is 0. The highest BCUT2D eigenvalue weighted by Gasteiger charge is 2.38. The number of nitrogens with zero attached hydrogens (tertiary/aromatic N) is 1. The van der Waals surface area contributed by atoms with E-state index in [0.717, 1.165) is 32.2 Å². The van der Waals surface area contributed by atoms with Gasteiger partial charge in [0.25, 0.3) is 0 Å². The molecule has 3 rings (SSSR count). The van der Waals surface area contributed by atoms with Crippen LogP contribution in [0.1, 0.15) is 44.1 Å². The lowest BCUT2D eigenvalue weighted by molar-refractivity contribution is -0.148. The van der Waals surface area contributed by atoms with Crippen molar-refractivity contribution in [2.75, 3.05) is 19.7 Å². The Labute approximate surface area is 190 Å². The number of amidine groups is 1. The zero-order chi connectivity index (χ0) is 23.2. The monoisotopic (exact) mass is 446 g/mol. The van der Waals surface area contributed by atoms with Crippen molar-refractivity contribution in [1.29, 1.82) is 0 Å². The summed E-state index contributed by atoms with van der Waals surface area (Å²) in [6.07, 6.45) is 6.64. The molecule has 1 aromatic rings. The molecule has 1 aliphatic carbocycles. The van der Waals surface area contributed by atoms with E-state index in [1.54, 1.807) is 0 Å². The zero-order valence-corrected chi connectivity index (χ0v) is 19.0. The number of nitrogens with two attached hydrogens (primary N) is 2. The zero-order valence-electron chi connectivity index (χ0n) is 19.0. The number of piperidine rings is 1. The van der Waals surface area contributed by atoms with Crippen LogP contribution >= 0.6 is 0 Å². The number of fused-ring (bicyclic) bond motifs is 1. The van der Waals surface area contributed by atoms with Crippen molar-refractivity contribution in [3.05, 3.63) is 35.9 Å². The van der Waals surface area contributed by atoms with E-state index in [1.165, 1.54) is 18.4 Å². The molecule has 1 saturated heterocycles. The molecule has 32 heavy (non-hydrogen) atoms. The maximum absolute atomic E-state index is 12.2. The van der Waals surface area contributed by atoms with Gasteiger partial charge in [-0.05, 0) is 56.9 Å². The summed E-state index contributed by atoms with van der Waals surface area (Å²) in [4.78, 5) is 22.3. The van der Waals surface area contributed by atoms with E-state index < -0.39 is 0 Å². The molecule has 4 unspecified atom stereocenters. The summed E-state index contributed by atoms with van der Waals surface area (Å²) in [5.41, 5.74) is 9.32. The van der Waals surface area contributed by atoms with Crippen LogP contribution in [-0.4, -0.2) is 44.0 Å². The lowest BCUT2D eigenvalue weighted by Crippen LogP contribution is -2.50. The molecule has 1 saturated carbocycles. The van der Waals surface area contributed by atoms with Crippen molar-refractivity contribution in [2.24, 2.45) is 34.4 Å². The van der Waals surface area contributed by atoms with Crippen LogP contribution in [0.3, 0.4) is 0 Å². The SMILES string of the molecule is Cc1ccccc1.NN/N=C(\N)CCC1CCC2CNC(C(=O)OCCNC=O)CC2C1. The molecule has 178 valence electrons.